The Bertz CT molecular complexity index is 334. The topological polar surface area (TPSA) is 75.7 Å². The quantitative estimate of drug-likeness (QED) is 0.511. The van der Waals surface area contributed by atoms with E-state index >= 15 is 0 Å². The first-order chi connectivity index (χ1) is 5.66. The molecule has 0 saturated heterocycles. The van der Waals surface area contributed by atoms with Gasteiger partial charge in [0.15, 0.2) is 0 Å². The number of para-hydroxylation sites is 1. The molecule has 0 amide bonds. The third kappa shape index (κ3) is 1.27. The molecule has 0 aliphatic carbocycles. The van der Waals surface area contributed by atoms with E-state index in [0.717, 1.165) is 0 Å². The number of benzene rings is 1. The molecule has 0 heterocycles. The number of aliphatic imine (C=N–C) groups is 1. The molecular formula is C8H8N2O2. The second-order valence-corrected chi connectivity index (χ2v) is 2.21. The summed E-state index contributed by atoms with van der Waals surface area (Å²) in [5.74, 6) is -1.05. The molecule has 0 atom stereocenters. The third-order valence-corrected chi connectivity index (χ3v) is 1.46. The highest BCUT2D eigenvalue weighted by Crippen LogP contribution is 2.25. The summed E-state index contributed by atoms with van der Waals surface area (Å²) in [6.45, 7) is 3.24. The van der Waals surface area contributed by atoms with E-state index < -0.39 is 5.97 Å². The number of carboxylic acids is 1. The molecule has 0 fully saturated rings. The molecule has 0 bridgehead atoms. The summed E-state index contributed by atoms with van der Waals surface area (Å²) in [5, 5.41) is 8.68. The summed E-state index contributed by atoms with van der Waals surface area (Å²) < 4.78 is 0. The molecule has 0 unspecified atom stereocenters. The Morgan fingerprint density at radius 2 is 2.25 bits per heavy atom. The summed E-state index contributed by atoms with van der Waals surface area (Å²) >= 11 is 0. The van der Waals surface area contributed by atoms with Crippen LogP contribution in [0.3, 0.4) is 0 Å². The van der Waals surface area contributed by atoms with E-state index in [1.165, 1.54) is 6.07 Å². The number of carboxylic acid groups (broad SMARTS) is 1. The number of hydrogen-bond acceptors (Lipinski definition) is 3. The van der Waals surface area contributed by atoms with E-state index in [9.17, 15) is 4.79 Å². The third-order valence-electron chi connectivity index (χ3n) is 1.46. The number of aromatic carboxylic acids is 1. The summed E-state index contributed by atoms with van der Waals surface area (Å²) in [5.41, 5.74) is 6.10. The van der Waals surface area contributed by atoms with Crippen molar-refractivity contribution in [3.05, 3.63) is 23.8 Å². The zero-order chi connectivity index (χ0) is 9.14. The van der Waals surface area contributed by atoms with Gasteiger partial charge in [0, 0.05) is 0 Å². The normalized spacial score (nSPS) is 9.33. The smallest absolute Gasteiger partial charge is 0.337 e. The monoisotopic (exact) mass is 164 g/mol. The lowest BCUT2D eigenvalue weighted by molar-refractivity contribution is 0.0698. The van der Waals surface area contributed by atoms with E-state index in [2.05, 4.69) is 11.7 Å². The highest BCUT2D eigenvalue weighted by atomic mass is 16.4. The average molecular weight is 164 g/mol. The van der Waals surface area contributed by atoms with E-state index in [1.54, 1.807) is 12.1 Å². The molecular weight excluding hydrogens is 156 g/mol. The van der Waals surface area contributed by atoms with Crippen LogP contribution >= 0.6 is 0 Å². The summed E-state index contributed by atoms with van der Waals surface area (Å²) in [4.78, 5) is 14.1. The Kier molecular flexibility index (Phi) is 2.09. The predicted molar refractivity (Wildman–Crippen MR) is 47.0 cm³/mol. The maximum Gasteiger partial charge on any atom is 0.337 e. The Hall–Kier alpha value is -1.84. The highest BCUT2D eigenvalue weighted by Gasteiger charge is 2.09. The van der Waals surface area contributed by atoms with Crippen molar-refractivity contribution in [2.75, 3.05) is 5.73 Å². The van der Waals surface area contributed by atoms with Crippen LogP contribution in [-0.2, 0) is 0 Å². The number of nitrogens with two attached hydrogens (primary N) is 1. The standard InChI is InChI=1S/C8H8N2O2/c1-10-7-5(8(11)12)3-2-4-6(7)9/h2-4H,1,9H2,(H,11,12). The van der Waals surface area contributed by atoms with Crippen molar-refractivity contribution in [3.8, 4) is 0 Å². The fourth-order valence-electron chi connectivity index (χ4n) is 0.910. The minimum Gasteiger partial charge on any atom is -0.478 e. The van der Waals surface area contributed by atoms with Crippen molar-refractivity contribution in [3.63, 3.8) is 0 Å². The molecule has 0 aliphatic rings. The van der Waals surface area contributed by atoms with Gasteiger partial charge in [-0.05, 0) is 18.9 Å². The second-order valence-electron chi connectivity index (χ2n) is 2.21. The highest BCUT2D eigenvalue weighted by molar-refractivity contribution is 5.96. The van der Waals surface area contributed by atoms with E-state index in [-0.39, 0.29) is 11.3 Å². The fraction of sp³-hybridized carbons (Fsp3) is 0. The Balaban J connectivity index is 3.37. The van der Waals surface area contributed by atoms with Gasteiger partial charge >= 0.3 is 5.97 Å². The first kappa shape index (κ1) is 8.26. The van der Waals surface area contributed by atoms with Crippen LogP contribution in [0.2, 0.25) is 0 Å². The molecule has 1 aromatic rings. The molecule has 1 rings (SSSR count). The van der Waals surface area contributed by atoms with Crippen molar-refractivity contribution >= 4 is 24.1 Å². The molecule has 62 valence electrons. The number of nitrogen functional groups attached to an aromatic ring is 1. The molecule has 0 aliphatic heterocycles. The number of rotatable bonds is 2. The largest absolute Gasteiger partial charge is 0.478 e. The van der Waals surface area contributed by atoms with Gasteiger partial charge < -0.3 is 10.8 Å². The van der Waals surface area contributed by atoms with Crippen LogP contribution in [0.1, 0.15) is 10.4 Å². The van der Waals surface area contributed by atoms with E-state index in [1.807, 2.05) is 0 Å². The molecule has 0 spiro atoms. The van der Waals surface area contributed by atoms with Gasteiger partial charge in [0.25, 0.3) is 0 Å². The van der Waals surface area contributed by atoms with Gasteiger partial charge in [-0.25, -0.2) is 4.79 Å². The number of hydrogen-bond donors (Lipinski definition) is 2. The van der Waals surface area contributed by atoms with E-state index in [0.29, 0.717) is 5.69 Å². The zero-order valence-corrected chi connectivity index (χ0v) is 6.32. The van der Waals surface area contributed by atoms with Crippen molar-refractivity contribution in [2.24, 2.45) is 4.99 Å². The van der Waals surface area contributed by atoms with Gasteiger partial charge in [-0.15, -0.1) is 0 Å². The first-order valence-electron chi connectivity index (χ1n) is 3.25. The van der Waals surface area contributed by atoms with Crippen LogP contribution < -0.4 is 5.73 Å². The minimum absolute atomic E-state index is 0.0741. The van der Waals surface area contributed by atoms with Gasteiger partial charge in [0.1, 0.15) is 0 Å². The van der Waals surface area contributed by atoms with Crippen molar-refractivity contribution in [1.82, 2.24) is 0 Å². The Morgan fingerprint density at radius 1 is 1.58 bits per heavy atom. The molecule has 0 aromatic heterocycles. The summed E-state index contributed by atoms with van der Waals surface area (Å²) in [6.07, 6.45) is 0. The lowest BCUT2D eigenvalue weighted by Crippen LogP contribution is -1.98. The summed E-state index contributed by atoms with van der Waals surface area (Å²) in [7, 11) is 0. The average Bonchev–Trinajstić information content (AvgIpc) is 2.03. The second kappa shape index (κ2) is 3.04. The van der Waals surface area contributed by atoms with Gasteiger partial charge in [0.05, 0.1) is 16.9 Å². The number of nitrogens with zero attached hydrogens (tertiary/aromatic N) is 1. The van der Waals surface area contributed by atoms with Crippen LogP contribution in [0.25, 0.3) is 0 Å². The van der Waals surface area contributed by atoms with Crippen molar-refractivity contribution in [1.29, 1.82) is 0 Å². The van der Waals surface area contributed by atoms with E-state index in [4.69, 9.17) is 10.8 Å². The molecule has 4 heteroatoms. The number of carbonyl (C=O) groups is 1. The van der Waals surface area contributed by atoms with Crippen molar-refractivity contribution < 1.29 is 9.90 Å². The predicted octanol–water partition coefficient (Wildman–Crippen LogP) is 1.30. The van der Waals surface area contributed by atoms with Gasteiger partial charge in [-0.2, -0.15) is 0 Å². The maximum atomic E-state index is 10.6. The zero-order valence-electron chi connectivity index (χ0n) is 6.32. The molecule has 12 heavy (non-hydrogen) atoms. The molecule has 1 aromatic carbocycles. The Labute approximate surface area is 69.4 Å². The van der Waals surface area contributed by atoms with Crippen LogP contribution in [0.5, 0.6) is 0 Å². The SMILES string of the molecule is C=Nc1c(N)cccc1C(=O)O. The number of anilines is 1. The lowest BCUT2D eigenvalue weighted by atomic mass is 10.1. The first-order valence-corrected chi connectivity index (χ1v) is 3.25. The van der Waals surface area contributed by atoms with Crippen LogP contribution in [0.4, 0.5) is 11.4 Å². The minimum atomic E-state index is -1.05. The molecule has 0 saturated carbocycles. The van der Waals surface area contributed by atoms with Crippen molar-refractivity contribution in [2.45, 2.75) is 0 Å². The summed E-state index contributed by atoms with van der Waals surface area (Å²) in [6, 6.07) is 4.58. The van der Waals surface area contributed by atoms with Crippen LogP contribution in [0, 0.1) is 0 Å². The van der Waals surface area contributed by atoms with Gasteiger partial charge in [0.2, 0.25) is 0 Å². The maximum absolute atomic E-state index is 10.6. The van der Waals surface area contributed by atoms with Gasteiger partial charge in [-0.1, -0.05) is 6.07 Å². The molecule has 3 N–H and O–H groups in total. The van der Waals surface area contributed by atoms with Gasteiger partial charge in [-0.3, -0.25) is 4.99 Å². The molecule has 0 radical (unpaired) electrons. The fourth-order valence-corrected chi connectivity index (χ4v) is 0.910. The van der Waals surface area contributed by atoms with Crippen LogP contribution in [0.15, 0.2) is 23.2 Å². The van der Waals surface area contributed by atoms with Crippen LogP contribution in [-0.4, -0.2) is 17.8 Å². The Morgan fingerprint density at radius 3 is 2.67 bits per heavy atom. The lowest BCUT2D eigenvalue weighted by Gasteiger charge is -2.02. The molecule has 4 nitrogen and oxygen atoms in total.